The van der Waals surface area contributed by atoms with E-state index in [2.05, 4.69) is 5.32 Å². The van der Waals surface area contributed by atoms with Crippen molar-refractivity contribution in [3.8, 4) is 11.5 Å². The van der Waals surface area contributed by atoms with Crippen LogP contribution >= 0.6 is 24.0 Å². The molecule has 0 bridgehead atoms. The van der Waals surface area contributed by atoms with Gasteiger partial charge in [0.05, 0.1) is 17.7 Å². The maximum absolute atomic E-state index is 12.9. The van der Waals surface area contributed by atoms with Crippen molar-refractivity contribution in [2.75, 3.05) is 23.9 Å². The maximum Gasteiger partial charge on any atom is 0.270 e. The molecule has 3 aromatic carbocycles. The zero-order chi connectivity index (χ0) is 24.1. The van der Waals surface area contributed by atoms with Gasteiger partial charge in [0.2, 0.25) is 0 Å². The molecule has 0 aromatic heterocycles. The van der Waals surface area contributed by atoms with E-state index < -0.39 is 0 Å². The Balaban J connectivity index is 1.45. The van der Waals surface area contributed by atoms with Gasteiger partial charge in [-0.3, -0.25) is 14.5 Å². The van der Waals surface area contributed by atoms with Crippen molar-refractivity contribution in [2.45, 2.75) is 6.92 Å². The number of anilines is 2. The molecule has 172 valence electrons. The van der Waals surface area contributed by atoms with E-state index in [-0.39, 0.29) is 18.4 Å². The van der Waals surface area contributed by atoms with E-state index >= 15 is 0 Å². The third-order valence-electron chi connectivity index (χ3n) is 5.07. The van der Waals surface area contributed by atoms with Crippen LogP contribution in [0, 0.1) is 6.92 Å². The first-order chi connectivity index (χ1) is 16.5. The Morgan fingerprint density at radius 3 is 2.53 bits per heavy atom. The van der Waals surface area contributed by atoms with Gasteiger partial charge in [0.25, 0.3) is 11.8 Å². The largest absolute Gasteiger partial charge is 0.493 e. The Morgan fingerprint density at radius 2 is 1.79 bits per heavy atom. The van der Waals surface area contributed by atoms with Crippen LogP contribution in [0.5, 0.6) is 11.5 Å². The van der Waals surface area contributed by atoms with E-state index in [1.54, 1.807) is 24.3 Å². The van der Waals surface area contributed by atoms with Crippen LogP contribution in [-0.4, -0.2) is 29.9 Å². The zero-order valence-corrected chi connectivity index (χ0v) is 20.2. The summed E-state index contributed by atoms with van der Waals surface area (Å²) in [7, 11) is 1.52. The number of thiocarbonyl (C=S) groups is 1. The molecular formula is C26H22N2O4S2. The minimum Gasteiger partial charge on any atom is -0.493 e. The monoisotopic (exact) mass is 490 g/mol. The molecule has 0 unspecified atom stereocenters. The lowest BCUT2D eigenvalue weighted by Crippen LogP contribution is -2.27. The third kappa shape index (κ3) is 5.30. The molecule has 0 radical (unpaired) electrons. The average molecular weight is 491 g/mol. The summed E-state index contributed by atoms with van der Waals surface area (Å²) >= 11 is 6.67. The molecule has 0 spiro atoms. The number of para-hydroxylation sites is 2. The zero-order valence-electron chi connectivity index (χ0n) is 18.6. The minimum atomic E-state index is -0.273. The number of carbonyl (C=O) groups excluding carboxylic acids is 2. The molecule has 1 aliphatic heterocycles. The first-order valence-corrected chi connectivity index (χ1v) is 11.7. The number of rotatable bonds is 7. The molecule has 0 atom stereocenters. The van der Waals surface area contributed by atoms with Crippen LogP contribution in [0.3, 0.4) is 0 Å². The van der Waals surface area contributed by atoms with Crippen LogP contribution in [0.2, 0.25) is 0 Å². The standard InChI is InChI=1S/C26H22N2O4S2/c1-17-8-6-7-11-20(17)27-24(29)16-32-21-13-12-18(14-22(21)31-2)15-23-25(30)28(26(33)34-23)19-9-4-3-5-10-19/h3-15H,16H2,1-2H3,(H,27,29)/b23-15-. The van der Waals surface area contributed by atoms with E-state index in [4.69, 9.17) is 21.7 Å². The van der Waals surface area contributed by atoms with Crippen LogP contribution in [-0.2, 0) is 9.59 Å². The van der Waals surface area contributed by atoms with Crippen molar-refractivity contribution in [1.29, 1.82) is 0 Å². The van der Waals surface area contributed by atoms with Crippen LogP contribution in [0.15, 0.2) is 77.7 Å². The van der Waals surface area contributed by atoms with Crippen molar-refractivity contribution < 1.29 is 19.1 Å². The molecule has 1 N–H and O–H groups in total. The van der Waals surface area contributed by atoms with Crippen molar-refractivity contribution >= 4 is 57.6 Å². The molecule has 1 saturated heterocycles. The summed E-state index contributed by atoms with van der Waals surface area (Å²) in [6.07, 6.45) is 1.76. The highest BCUT2D eigenvalue weighted by Gasteiger charge is 2.33. The lowest BCUT2D eigenvalue weighted by Gasteiger charge is -2.14. The number of benzene rings is 3. The average Bonchev–Trinajstić information content (AvgIpc) is 3.12. The van der Waals surface area contributed by atoms with E-state index in [1.807, 2.05) is 61.5 Å². The number of methoxy groups -OCH3 is 1. The first kappa shape index (κ1) is 23.5. The summed E-state index contributed by atoms with van der Waals surface area (Å²) < 4.78 is 11.6. The minimum absolute atomic E-state index is 0.167. The number of nitrogens with one attached hydrogen (secondary N) is 1. The first-order valence-electron chi connectivity index (χ1n) is 10.5. The van der Waals surface area contributed by atoms with Crippen LogP contribution in [0.1, 0.15) is 11.1 Å². The van der Waals surface area contributed by atoms with Gasteiger partial charge in [0.1, 0.15) is 0 Å². The van der Waals surface area contributed by atoms with Crippen molar-refractivity contribution in [3.05, 3.63) is 88.8 Å². The molecule has 34 heavy (non-hydrogen) atoms. The third-order valence-corrected chi connectivity index (χ3v) is 6.37. The summed E-state index contributed by atoms with van der Waals surface area (Å²) in [4.78, 5) is 27.3. The Labute approximate surface area is 207 Å². The summed E-state index contributed by atoms with van der Waals surface area (Å²) in [5.74, 6) is 0.436. The Kier molecular flexibility index (Phi) is 7.30. The van der Waals surface area contributed by atoms with Crippen LogP contribution < -0.4 is 19.7 Å². The maximum atomic E-state index is 12.9. The predicted octanol–water partition coefficient (Wildman–Crippen LogP) is 5.43. The van der Waals surface area contributed by atoms with Crippen LogP contribution in [0.4, 0.5) is 11.4 Å². The highest BCUT2D eigenvalue weighted by atomic mass is 32.2. The summed E-state index contributed by atoms with van der Waals surface area (Å²) in [6.45, 7) is 1.76. The number of carbonyl (C=O) groups is 2. The van der Waals surface area contributed by atoms with Crippen molar-refractivity contribution in [1.82, 2.24) is 0 Å². The fraction of sp³-hybridized carbons (Fsp3) is 0.115. The smallest absolute Gasteiger partial charge is 0.270 e. The fourth-order valence-corrected chi connectivity index (χ4v) is 4.65. The normalized spacial score (nSPS) is 14.4. The number of hydrogen-bond donors (Lipinski definition) is 1. The van der Waals surface area contributed by atoms with E-state index in [0.717, 1.165) is 22.5 Å². The SMILES string of the molecule is COc1cc(/C=C2\SC(=S)N(c3ccccc3)C2=O)ccc1OCC(=O)Nc1ccccc1C. The van der Waals surface area contributed by atoms with Crippen LogP contribution in [0.25, 0.3) is 6.08 Å². The molecule has 0 saturated carbocycles. The van der Waals surface area contributed by atoms with Gasteiger partial charge in [-0.15, -0.1) is 0 Å². The van der Waals surface area contributed by atoms with E-state index in [0.29, 0.717) is 20.7 Å². The summed E-state index contributed by atoms with van der Waals surface area (Å²) in [5.41, 5.74) is 3.20. The van der Waals surface area contributed by atoms with Gasteiger partial charge < -0.3 is 14.8 Å². The van der Waals surface area contributed by atoms with Gasteiger partial charge in [-0.05, 0) is 54.5 Å². The number of amides is 2. The van der Waals surface area contributed by atoms with Crippen molar-refractivity contribution in [2.24, 2.45) is 0 Å². The van der Waals surface area contributed by atoms with Gasteiger partial charge >= 0.3 is 0 Å². The number of thioether (sulfide) groups is 1. The molecule has 8 heteroatoms. The Morgan fingerprint density at radius 1 is 1.06 bits per heavy atom. The number of aryl methyl sites for hydroxylation is 1. The molecule has 1 aliphatic rings. The van der Waals surface area contributed by atoms with Gasteiger partial charge in [0.15, 0.2) is 22.4 Å². The summed E-state index contributed by atoms with van der Waals surface area (Å²) in [6, 6.07) is 22.1. The molecule has 6 nitrogen and oxygen atoms in total. The number of hydrogen-bond acceptors (Lipinski definition) is 6. The van der Waals surface area contributed by atoms with Gasteiger partial charge in [-0.1, -0.05) is 66.4 Å². The lowest BCUT2D eigenvalue weighted by atomic mass is 10.1. The van der Waals surface area contributed by atoms with E-state index in [9.17, 15) is 9.59 Å². The Bertz CT molecular complexity index is 1270. The summed E-state index contributed by atoms with van der Waals surface area (Å²) in [5, 5.41) is 2.83. The lowest BCUT2D eigenvalue weighted by molar-refractivity contribution is -0.118. The molecule has 1 fully saturated rings. The van der Waals surface area contributed by atoms with Crippen molar-refractivity contribution in [3.63, 3.8) is 0 Å². The second-order valence-electron chi connectivity index (χ2n) is 7.41. The molecule has 0 aliphatic carbocycles. The molecule has 3 aromatic rings. The molecular weight excluding hydrogens is 468 g/mol. The fourth-order valence-electron chi connectivity index (χ4n) is 3.35. The topological polar surface area (TPSA) is 67.9 Å². The van der Waals surface area contributed by atoms with Gasteiger partial charge in [-0.2, -0.15) is 0 Å². The Hall–Kier alpha value is -3.62. The molecule has 4 rings (SSSR count). The highest BCUT2D eigenvalue weighted by Crippen LogP contribution is 2.37. The highest BCUT2D eigenvalue weighted by molar-refractivity contribution is 8.27. The number of ether oxygens (including phenoxy) is 2. The second-order valence-corrected chi connectivity index (χ2v) is 9.09. The van der Waals surface area contributed by atoms with Gasteiger partial charge in [-0.25, -0.2) is 0 Å². The number of nitrogens with zero attached hydrogens (tertiary/aromatic N) is 1. The second kappa shape index (κ2) is 10.5. The predicted molar refractivity (Wildman–Crippen MR) is 140 cm³/mol. The van der Waals surface area contributed by atoms with Gasteiger partial charge in [0, 0.05) is 5.69 Å². The molecule has 1 heterocycles. The molecule has 2 amide bonds. The quantitative estimate of drug-likeness (QED) is 0.352. The van der Waals surface area contributed by atoms with E-state index in [1.165, 1.54) is 23.8 Å².